The Hall–Kier alpha value is 2.14. The molecule has 7 heavy (non-hydrogen) atoms. The molecule has 0 spiro atoms. The first-order chi connectivity index (χ1) is 2.00. The standard InChI is InChI=1S/Ca.Mg.H3O4P.2H/c;;1-5(2,3)4;;/h;;(H3,1,2,3,4);;/q2*+2;;2*-1/p-2. The number of hydrogen-bond acceptors (Lipinski definition) is 4. The molecule has 0 aliphatic heterocycles. The van der Waals surface area contributed by atoms with Crippen LogP contribution in [0.5, 0.6) is 0 Å². The summed E-state index contributed by atoms with van der Waals surface area (Å²) in [5, 5.41) is 0. The molecule has 0 N–H and O–H groups in total. The van der Waals surface area contributed by atoms with Crippen molar-refractivity contribution in [3.63, 3.8) is 0 Å². The zero-order chi connectivity index (χ0) is 4.50. The quantitative estimate of drug-likeness (QED) is 0.276. The minimum Gasteiger partial charge on any atom is -1.00 e. The van der Waals surface area contributed by atoms with Crippen LogP contribution in [0.1, 0.15) is 4.28 Å². The first-order valence-electron chi connectivity index (χ1n) is 0.730. The minimum absolute atomic E-state index is 0. The van der Waals surface area contributed by atoms with Crippen LogP contribution in [-0.4, -0.2) is 60.8 Å². The predicted octanol–water partition coefficient (Wildman–Crippen LogP) is -3.25. The Labute approximate surface area is 91.1 Å². The molecule has 0 saturated heterocycles. The van der Waals surface area contributed by atoms with Gasteiger partial charge in [0.25, 0.3) is 0 Å². The molecular formula is H3CaMgO4P. The Morgan fingerprint density at radius 3 is 1.43 bits per heavy atom. The average Bonchev–Trinajstić information content (AvgIpc) is 0.722. The van der Waals surface area contributed by atoms with Crippen molar-refractivity contribution in [2.24, 2.45) is 0 Å². The van der Waals surface area contributed by atoms with Crippen LogP contribution in [0, 0.1) is 0 Å². The number of phosphoric acid groups is 1. The van der Waals surface area contributed by atoms with Crippen LogP contribution in [0.15, 0.2) is 0 Å². The van der Waals surface area contributed by atoms with Gasteiger partial charge in [0.1, 0.15) is 0 Å². The second-order valence-electron chi connectivity index (χ2n) is 0.447. The SMILES string of the molecule is O=P([O-])([O-])[O-].[Ca+2].[H+].[H-].[H-].[Mg+2]. The molecule has 0 aromatic heterocycles. The van der Waals surface area contributed by atoms with Crippen molar-refractivity contribution in [3.05, 3.63) is 0 Å². The molecule has 0 atom stereocenters. The van der Waals surface area contributed by atoms with Gasteiger partial charge >= 0.3 is 62.2 Å². The van der Waals surface area contributed by atoms with Gasteiger partial charge in [0, 0.05) is 0 Å². The van der Waals surface area contributed by atoms with Gasteiger partial charge in [0.2, 0.25) is 0 Å². The molecule has 0 saturated carbocycles. The van der Waals surface area contributed by atoms with Crippen LogP contribution in [0.2, 0.25) is 0 Å². The normalized spacial score (nSPS) is 8.43. The molecule has 0 aliphatic rings. The van der Waals surface area contributed by atoms with E-state index in [9.17, 15) is 0 Å². The largest absolute Gasteiger partial charge is 2.00 e. The van der Waals surface area contributed by atoms with Crippen molar-refractivity contribution < 1.29 is 23.5 Å². The van der Waals surface area contributed by atoms with Gasteiger partial charge in [0.15, 0.2) is 0 Å². The van der Waals surface area contributed by atoms with E-state index in [0.29, 0.717) is 0 Å². The zero-order valence-corrected chi connectivity index (χ0v) is 8.01. The van der Waals surface area contributed by atoms with E-state index in [1.807, 2.05) is 0 Å². The summed E-state index contributed by atoms with van der Waals surface area (Å²) in [4.78, 5) is 25.6. The smallest absolute Gasteiger partial charge is 1.00 e. The monoisotopic (exact) mass is 162 g/mol. The molecule has 0 fully saturated rings. The molecule has 0 rings (SSSR count). The Morgan fingerprint density at radius 2 is 1.43 bits per heavy atom. The zero-order valence-electron chi connectivity index (χ0n) is 6.49. The van der Waals surface area contributed by atoms with E-state index < -0.39 is 7.82 Å². The van der Waals surface area contributed by atoms with Crippen molar-refractivity contribution >= 4 is 68.6 Å². The maximum atomic E-state index is 8.55. The number of rotatable bonds is 0. The van der Waals surface area contributed by atoms with E-state index in [-0.39, 0.29) is 65.1 Å². The van der Waals surface area contributed by atoms with E-state index in [2.05, 4.69) is 0 Å². The van der Waals surface area contributed by atoms with Crippen molar-refractivity contribution in [1.82, 2.24) is 0 Å². The average molecular weight is 162 g/mol. The van der Waals surface area contributed by atoms with Gasteiger partial charge in [-0.3, -0.25) is 0 Å². The summed E-state index contributed by atoms with van der Waals surface area (Å²) in [5.41, 5.74) is 0. The molecular weight excluding hydrogens is 159 g/mol. The van der Waals surface area contributed by atoms with Crippen molar-refractivity contribution in [3.8, 4) is 0 Å². The summed E-state index contributed by atoms with van der Waals surface area (Å²) in [6.07, 6.45) is 0. The predicted molar refractivity (Wildman–Crippen MR) is 22.5 cm³/mol. The third-order valence-corrected chi connectivity index (χ3v) is 0. The molecule has 0 bridgehead atoms. The Morgan fingerprint density at radius 1 is 1.43 bits per heavy atom. The maximum absolute atomic E-state index is 8.55. The molecule has 4 nitrogen and oxygen atoms in total. The van der Waals surface area contributed by atoms with Crippen molar-refractivity contribution in [2.75, 3.05) is 0 Å². The third kappa shape index (κ3) is 67.1. The third-order valence-electron chi connectivity index (χ3n) is 0. The summed E-state index contributed by atoms with van der Waals surface area (Å²) >= 11 is 0. The van der Waals surface area contributed by atoms with Crippen LogP contribution in [0.3, 0.4) is 0 Å². The Bertz CT molecular complexity index is 66.6. The molecule has 0 unspecified atom stereocenters. The summed E-state index contributed by atoms with van der Waals surface area (Å²) in [6, 6.07) is 0. The summed E-state index contributed by atoms with van der Waals surface area (Å²) in [5.74, 6) is 0. The fourth-order valence-electron chi connectivity index (χ4n) is 0. The molecule has 7 heteroatoms. The maximum Gasteiger partial charge on any atom is 2.00 e. The number of hydrogen-bond donors (Lipinski definition) is 0. The molecule has 0 heterocycles. The van der Waals surface area contributed by atoms with Crippen LogP contribution < -0.4 is 14.7 Å². The molecule has 0 radical (unpaired) electrons. The van der Waals surface area contributed by atoms with Gasteiger partial charge < -0.3 is 22.1 Å². The second kappa shape index (κ2) is 6.26. The van der Waals surface area contributed by atoms with Crippen LogP contribution >= 0.6 is 7.82 Å². The Kier molecular flexibility index (Phi) is 14.4. The molecule has 0 aromatic carbocycles. The first-order valence-corrected chi connectivity index (χ1v) is 2.19. The molecule has 36 valence electrons. The summed E-state index contributed by atoms with van der Waals surface area (Å²) < 4.78 is 8.55. The van der Waals surface area contributed by atoms with Gasteiger partial charge in [0.05, 0.1) is 0 Å². The fourth-order valence-corrected chi connectivity index (χ4v) is 0. The van der Waals surface area contributed by atoms with Crippen molar-refractivity contribution in [2.45, 2.75) is 0 Å². The van der Waals surface area contributed by atoms with E-state index in [1.54, 1.807) is 0 Å². The van der Waals surface area contributed by atoms with Gasteiger partial charge in [-0.25, -0.2) is 0 Å². The van der Waals surface area contributed by atoms with Gasteiger partial charge in [-0.05, 0) is 0 Å². The van der Waals surface area contributed by atoms with E-state index in [0.717, 1.165) is 0 Å². The van der Waals surface area contributed by atoms with Crippen LogP contribution in [-0.2, 0) is 4.57 Å². The van der Waals surface area contributed by atoms with E-state index >= 15 is 0 Å². The van der Waals surface area contributed by atoms with Crippen LogP contribution in [0.4, 0.5) is 0 Å². The first kappa shape index (κ1) is 16.1. The second-order valence-corrected chi connectivity index (χ2v) is 1.34. The molecule has 0 amide bonds. The topological polar surface area (TPSA) is 86.2 Å². The van der Waals surface area contributed by atoms with Gasteiger partial charge in [-0.2, -0.15) is 7.82 Å². The summed E-state index contributed by atoms with van der Waals surface area (Å²) in [6.45, 7) is 0. The molecule has 0 aromatic rings. The summed E-state index contributed by atoms with van der Waals surface area (Å²) in [7, 11) is -5.39. The van der Waals surface area contributed by atoms with Crippen LogP contribution in [0.25, 0.3) is 0 Å². The van der Waals surface area contributed by atoms with Gasteiger partial charge in [-0.15, -0.1) is 0 Å². The molecule has 0 aliphatic carbocycles. The minimum atomic E-state index is -5.39. The van der Waals surface area contributed by atoms with Crippen molar-refractivity contribution in [1.29, 1.82) is 0 Å². The van der Waals surface area contributed by atoms with E-state index in [1.165, 1.54) is 0 Å². The van der Waals surface area contributed by atoms with E-state index in [4.69, 9.17) is 19.2 Å². The fraction of sp³-hybridized carbons (Fsp3) is 0. The Balaban J connectivity index is -0.00000000800. The van der Waals surface area contributed by atoms with Gasteiger partial charge in [-0.1, -0.05) is 0 Å².